The third kappa shape index (κ3) is 5.48. The minimum atomic E-state index is -1.21. The average Bonchev–Trinajstić information content (AvgIpc) is 2.73. The Balaban J connectivity index is 2.04. The maximum absolute atomic E-state index is 11.8. The number of aromatic carboxylic acids is 1. The number of carboxylic acid groups (broad SMARTS) is 1. The molecule has 0 radical (unpaired) electrons. The molecule has 0 saturated carbocycles. The van der Waals surface area contributed by atoms with Gasteiger partial charge in [0.1, 0.15) is 11.3 Å². The lowest BCUT2D eigenvalue weighted by atomic mass is 9.63. The van der Waals surface area contributed by atoms with Crippen LogP contribution in [0.5, 0.6) is 5.75 Å². The Morgan fingerprint density at radius 3 is 2.15 bits per heavy atom. The molecule has 0 saturated heterocycles. The highest BCUT2D eigenvalue weighted by Crippen LogP contribution is 2.46. The third-order valence-electron chi connectivity index (χ3n) is 6.28. The number of carbonyl (C=O) groups excluding carboxylic acids is 2. The molecule has 1 N–H and O–H groups in total. The van der Waals surface area contributed by atoms with Gasteiger partial charge < -0.3 is 14.6 Å². The zero-order valence-electron chi connectivity index (χ0n) is 20.4. The van der Waals surface area contributed by atoms with E-state index in [-0.39, 0.29) is 22.1 Å². The number of esters is 2. The number of carboxylic acids is 1. The number of hydrogen-bond donors (Lipinski definition) is 1. The first-order valence-electron chi connectivity index (χ1n) is 11.2. The molecule has 0 amide bonds. The molecule has 1 aliphatic carbocycles. The van der Waals surface area contributed by atoms with E-state index in [4.69, 9.17) is 9.47 Å². The Hall–Kier alpha value is -3.59. The van der Waals surface area contributed by atoms with Crippen molar-refractivity contribution in [2.75, 3.05) is 0 Å². The van der Waals surface area contributed by atoms with Crippen molar-refractivity contribution in [3.63, 3.8) is 0 Å². The van der Waals surface area contributed by atoms with Gasteiger partial charge in [-0.1, -0.05) is 51.8 Å². The first-order chi connectivity index (χ1) is 15.8. The lowest BCUT2D eigenvalue weighted by Gasteiger charge is -2.42. The number of rotatable bonds is 4. The first-order valence-corrected chi connectivity index (χ1v) is 11.2. The molecule has 6 heteroatoms. The summed E-state index contributed by atoms with van der Waals surface area (Å²) in [5.41, 5.74) is 3.62. The van der Waals surface area contributed by atoms with Gasteiger partial charge in [-0.2, -0.15) is 0 Å². The standard InChI is InChI=1S/C28H30O6/c1-17(29)33-24(12-8-19-7-10-21(26(31)32)25(15-19)34-18(2)30)20-9-11-22-23(16-20)28(5,6)14-13-27(22,3)4/h7,9-11,15-16,24H,13-14H2,1-6H3,(H,31,32). The summed E-state index contributed by atoms with van der Waals surface area (Å²) in [4.78, 5) is 34.6. The second-order valence-corrected chi connectivity index (χ2v) is 9.94. The highest BCUT2D eigenvalue weighted by molar-refractivity contribution is 5.92. The maximum Gasteiger partial charge on any atom is 0.339 e. The summed E-state index contributed by atoms with van der Waals surface area (Å²) in [7, 11) is 0. The molecule has 6 nitrogen and oxygen atoms in total. The fourth-order valence-electron chi connectivity index (χ4n) is 4.28. The van der Waals surface area contributed by atoms with Crippen molar-refractivity contribution < 1.29 is 29.0 Å². The van der Waals surface area contributed by atoms with Crippen LogP contribution in [0.1, 0.15) is 93.1 Å². The number of benzene rings is 2. The highest BCUT2D eigenvalue weighted by atomic mass is 16.5. The van der Waals surface area contributed by atoms with Gasteiger partial charge in [0.15, 0.2) is 6.10 Å². The van der Waals surface area contributed by atoms with Crippen LogP contribution in [0.4, 0.5) is 0 Å². The molecule has 0 aliphatic heterocycles. The molecule has 34 heavy (non-hydrogen) atoms. The Morgan fingerprint density at radius 1 is 0.912 bits per heavy atom. The summed E-state index contributed by atoms with van der Waals surface area (Å²) >= 11 is 0. The largest absolute Gasteiger partial charge is 0.478 e. The van der Waals surface area contributed by atoms with Crippen LogP contribution < -0.4 is 4.74 Å². The fraction of sp³-hybridized carbons (Fsp3) is 0.393. The van der Waals surface area contributed by atoms with Crippen molar-refractivity contribution in [3.8, 4) is 17.6 Å². The van der Waals surface area contributed by atoms with Gasteiger partial charge in [-0.15, -0.1) is 0 Å². The molecule has 0 bridgehead atoms. The van der Waals surface area contributed by atoms with E-state index >= 15 is 0 Å². The topological polar surface area (TPSA) is 89.9 Å². The Kier molecular flexibility index (Phi) is 6.88. The van der Waals surface area contributed by atoms with Crippen molar-refractivity contribution in [1.29, 1.82) is 0 Å². The molecule has 0 spiro atoms. The molecule has 1 atom stereocenters. The normalized spacial score (nSPS) is 16.3. The molecule has 0 fully saturated rings. The first kappa shape index (κ1) is 25.0. The summed E-state index contributed by atoms with van der Waals surface area (Å²) in [5.74, 6) is 3.52. The highest BCUT2D eigenvalue weighted by Gasteiger charge is 2.37. The zero-order chi connectivity index (χ0) is 25.3. The van der Waals surface area contributed by atoms with E-state index in [1.165, 1.54) is 43.2 Å². The van der Waals surface area contributed by atoms with Crippen LogP contribution in [0.3, 0.4) is 0 Å². The quantitative estimate of drug-likeness (QED) is 0.376. The summed E-state index contributed by atoms with van der Waals surface area (Å²) in [6, 6.07) is 10.4. The van der Waals surface area contributed by atoms with Crippen LogP contribution in [0, 0.1) is 11.8 Å². The van der Waals surface area contributed by atoms with Gasteiger partial charge in [0.2, 0.25) is 0 Å². The molecule has 2 aromatic rings. The lowest BCUT2D eigenvalue weighted by Crippen LogP contribution is -2.34. The molecule has 0 aromatic heterocycles. The Bertz CT molecular complexity index is 1210. The van der Waals surface area contributed by atoms with Crippen molar-refractivity contribution in [3.05, 3.63) is 64.2 Å². The summed E-state index contributed by atoms with van der Waals surface area (Å²) in [6.07, 6.45) is 1.34. The Labute approximate surface area is 200 Å². The van der Waals surface area contributed by atoms with Gasteiger partial charge in [-0.3, -0.25) is 9.59 Å². The second kappa shape index (κ2) is 9.34. The number of hydrogen-bond acceptors (Lipinski definition) is 5. The lowest BCUT2D eigenvalue weighted by molar-refractivity contribution is -0.144. The molecule has 178 valence electrons. The van der Waals surface area contributed by atoms with Crippen molar-refractivity contribution in [1.82, 2.24) is 0 Å². The van der Waals surface area contributed by atoms with Crippen LogP contribution in [-0.4, -0.2) is 23.0 Å². The van der Waals surface area contributed by atoms with E-state index in [0.29, 0.717) is 5.56 Å². The number of fused-ring (bicyclic) bond motifs is 1. The SMILES string of the molecule is CC(=O)Oc1cc(C#CC(OC(C)=O)c2ccc3c(c2)C(C)(C)CCC3(C)C)ccc1C(=O)O. The van der Waals surface area contributed by atoms with Gasteiger partial charge in [0, 0.05) is 25.0 Å². The van der Waals surface area contributed by atoms with E-state index in [2.05, 4.69) is 51.7 Å². The Morgan fingerprint density at radius 2 is 1.56 bits per heavy atom. The summed E-state index contributed by atoms with van der Waals surface area (Å²) in [5, 5.41) is 9.33. The predicted molar refractivity (Wildman–Crippen MR) is 128 cm³/mol. The van der Waals surface area contributed by atoms with Gasteiger partial charge in [0.25, 0.3) is 0 Å². The van der Waals surface area contributed by atoms with Gasteiger partial charge in [-0.25, -0.2) is 4.79 Å². The van der Waals surface area contributed by atoms with Crippen molar-refractivity contribution in [2.45, 2.75) is 71.3 Å². The zero-order valence-corrected chi connectivity index (χ0v) is 20.4. The van der Waals surface area contributed by atoms with E-state index in [1.54, 1.807) is 0 Å². The molecular weight excluding hydrogens is 432 g/mol. The maximum atomic E-state index is 11.8. The van der Waals surface area contributed by atoms with Crippen LogP contribution in [0.15, 0.2) is 36.4 Å². The van der Waals surface area contributed by atoms with Gasteiger partial charge in [0.05, 0.1) is 0 Å². The van der Waals surface area contributed by atoms with E-state index in [9.17, 15) is 19.5 Å². The summed E-state index contributed by atoms with van der Waals surface area (Å²) in [6.45, 7) is 11.5. The van der Waals surface area contributed by atoms with E-state index < -0.39 is 24.0 Å². The van der Waals surface area contributed by atoms with Crippen molar-refractivity contribution in [2.24, 2.45) is 0 Å². The van der Waals surface area contributed by atoms with Gasteiger partial charge >= 0.3 is 17.9 Å². The molecule has 0 heterocycles. The minimum absolute atomic E-state index is 0.0132. The molecular formula is C28H30O6. The predicted octanol–water partition coefficient (Wildman–Crippen LogP) is 5.32. The van der Waals surface area contributed by atoms with E-state index in [1.807, 2.05) is 6.07 Å². The van der Waals surface area contributed by atoms with Crippen LogP contribution >= 0.6 is 0 Å². The second-order valence-electron chi connectivity index (χ2n) is 9.94. The number of ether oxygens (including phenoxy) is 2. The molecule has 2 aromatic carbocycles. The van der Waals surface area contributed by atoms with Crippen LogP contribution in [0.25, 0.3) is 0 Å². The average molecular weight is 463 g/mol. The van der Waals surface area contributed by atoms with Crippen LogP contribution in [-0.2, 0) is 25.2 Å². The van der Waals surface area contributed by atoms with E-state index in [0.717, 1.165) is 18.4 Å². The number of carbonyl (C=O) groups is 3. The molecule has 1 aliphatic rings. The smallest absolute Gasteiger partial charge is 0.339 e. The molecule has 3 rings (SSSR count). The van der Waals surface area contributed by atoms with Crippen molar-refractivity contribution >= 4 is 17.9 Å². The minimum Gasteiger partial charge on any atom is -0.478 e. The summed E-state index contributed by atoms with van der Waals surface area (Å²) < 4.78 is 10.6. The fourth-order valence-corrected chi connectivity index (χ4v) is 4.28. The third-order valence-corrected chi connectivity index (χ3v) is 6.28. The van der Waals surface area contributed by atoms with Gasteiger partial charge in [-0.05, 0) is 58.9 Å². The monoisotopic (exact) mass is 462 g/mol. The van der Waals surface area contributed by atoms with Crippen LogP contribution in [0.2, 0.25) is 0 Å². The molecule has 1 unspecified atom stereocenters.